The second-order valence-corrected chi connectivity index (χ2v) is 6.34. The minimum absolute atomic E-state index is 0.359. The van der Waals surface area contributed by atoms with Crippen LogP contribution in [-0.2, 0) is 24.9 Å². The standard InChI is InChI=1S/C14H20N4OS/c1-10-13(20-9-15-10)7-18-5-11-4-17(2)16-14(11)12(6-18)8-19-3/h4,9,12H,5-8H2,1-3H3. The summed E-state index contributed by atoms with van der Waals surface area (Å²) < 4.78 is 7.28. The van der Waals surface area contributed by atoms with E-state index in [4.69, 9.17) is 4.74 Å². The Kier molecular flexibility index (Phi) is 3.87. The fourth-order valence-electron chi connectivity index (χ4n) is 2.86. The third-order valence-electron chi connectivity index (χ3n) is 3.78. The number of aromatic nitrogens is 3. The predicted octanol–water partition coefficient (Wildman–Crippen LogP) is 1.93. The molecule has 0 aromatic carbocycles. The molecular weight excluding hydrogens is 272 g/mol. The molecule has 108 valence electrons. The molecular formula is C14H20N4OS. The van der Waals surface area contributed by atoms with Gasteiger partial charge in [0.15, 0.2) is 0 Å². The molecule has 0 fully saturated rings. The molecule has 0 amide bonds. The average molecular weight is 292 g/mol. The van der Waals surface area contributed by atoms with E-state index in [1.54, 1.807) is 18.4 Å². The molecule has 1 unspecified atom stereocenters. The number of rotatable bonds is 4. The zero-order valence-electron chi connectivity index (χ0n) is 12.2. The average Bonchev–Trinajstić information content (AvgIpc) is 2.96. The van der Waals surface area contributed by atoms with Crippen molar-refractivity contribution in [2.75, 3.05) is 20.3 Å². The van der Waals surface area contributed by atoms with Crippen molar-refractivity contribution in [2.45, 2.75) is 25.9 Å². The third kappa shape index (κ3) is 2.63. The number of ether oxygens (including phenoxy) is 1. The van der Waals surface area contributed by atoms with E-state index in [1.807, 2.05) is 17.2 Å². The van der Waals surface area contributed by atoms with Crippen LogP contribution in [-0.4, -0.2) is 39.9 Å². The van der Waals surface area contributed by atoms with Gasteiger partial charge < -0.3 is 4.74 Å². The number of nitrogens with zero attached hydrogens (tertiary/aromatic N) is 4. The quantitative estimate of drug-likeness (QED) is 0.863. The fraction of sp³-hybridized carbons (Fsp3) is 0.571. The van der Waals surface area contributed by atoms with E-state index in [-0.39, 0.29) is 0 Å². The lowest BCUT2D eigenvalue weighted by molar-refractivity contribution is 0.135. The molecule has 1 aliphatic rings. The van der Waals surface area contributed by atoms with Crippen LogP contribution < -0.4 is 0 Å². The van der Waals surface area contributed by atoms with Gasteiger partial charge in [-0.25, -0.2) is 4.98 Å². The summed E-state index contributed by atoms with van der Waals surface area (Å²) in [5, 5.41) is 4.60. The number of fused-ring (bicyclic) bond motifs is 1. The van der Waals surface area contributed by atoms with Crippen molar-refractivity contribution in [2.24, 2.45) is 7.05 Å². The van der Waals surface area contributed by atoms with E-state index in [1.165, 1.54) is 16.1 Å². The van der Waals surface area contributed by atoms with Crippen LogP contribution in [0.2, 0.25) is 0 Å². The summed E-state index contributed by atoms with van der Waals surface area (Å²) in [6, 6.07) is 0. The van der Waals surface area contributed by atoms with Gasteiger partial charge in [-0.1, -0.05) is 0 Å². The molecule has 20 heavy (non-hydrogen) atoms. The minimum atomic E-state index is 0.359. The first-order valence-electron chi connectivity index (χ1n) is 6.80. The zero-order chi connectivity index (χ0) is 14.1. The van der Waals surface area contributed by atoms with Crippen molar-refractivity contribution in [1.82, 2.24) is 19.7 Å². The second-order valence-electron chi connectivity index (χ2n) is 5.40. The van der Waals surface area contributed by atoms with Crippen molar-refractivity contribution in [3.63, 3.8) is 0 Å². The Hall–Kier alpha value is -1.24. The highest BCUT2D eigenvalue weighted by molar-refractivity contribution is 7.09. The minimum Gasteiger partial charge on any atom is -0.384 e. The summed E-state index contributed by atoms with van der Waals surface area (Å²) in [5.74, 6) is 0.359. The van der Waals surface area contributed by atoms with Gasteiger partial charge in [0.25, 0.3) is 0 Å². The van der Waals surface area contributed by atoms with E-state index in [2.05, 4.69) is 28.1 Å². The number of thiazole rings is 1. The van der Waals surface area contributed by atoms with Crippen molar-refractivity contribution in [3.05, 3.63) is 33.5 Å². The van der Waals surface area contributed by atoms with Crippen LogP contribution in [0.4, 0.5) is 0 Å². The highest BCUT2D eigenvalue weighted by Gasteiger charge is 2.28. The molecule has 0 radical (unpaired) electrons. The molecule has 0 saturated heterocycles. The lowest BCUT2D eigenvalue weighted by Crippen LogP contribution is -2.34. The maximum Gasteiger partial charge on any atom is 0.0798 e. The number of aryl methyl sites for hydroxylation is 2. The topological polar surface area (TPSA) is 43.2 Å². The van der Waals surface area contributed by atoms with Gasteiger partial charge in [-0.15, -0.1) is 11.3 Å². The molecule has 1 aliphatic heterocycles. The van der Waals surface area contributed by atoms with Gasteiger partial charge in [-0.2, -0.15) is 5.10 Å². The molecule has 2 aromatic heterocycles. The fourth-order valence-corrected chi connectivity index (χ4v) is 3.68. The highest BCUT2D eigenvalue weighted by atomic mass is 32.1. The number of hydrogen-bond acceptors (Lipinski definition) is 5. The smallest absolute Gasteiger partial charge is 0.0798 e. The molecule has 0 N–H and O–H groups in total. The van der Waals surface area contributed by atoms with E-state index < -0.39 is 0 Å². The zero-order valence-corrected chi connectivity index (χ0v) is 13.0. The lowest BCUT2D eigenvalue weighted by atomic mass is 9.97. The Morgan fingerprint density at radius 2 is 2.35 bits per heavy atom. The van der Waals surface area contributed by atoms with E-state index in [0.717, 1.165) is 31.9 Å². The van der Waals surface area contributed by atoms with Crippen LogP contribution in [0.1, 0.15) is 27.7 Å². The third-order valence-corrected chi connectivity index (χ3v) is 4.70. The molecule has 3 rings (SSSR count). The van der Waals surface area contributed by atoms with Crippen molar-refractivity contribution in [3.8, 4) is 0 Å². The molecule has 0 spiro atoms. The van der Waals surface area contributed by atoms with Crippen LogP contribution in [0.25, 0.3) is 0 Å². The van der Waals surface area contributed by atoms with E-state index >= 15 is 0 Å². The molecule has 2 aromatic rings. The normalized spacial score (nSPS) is 19.2. The first kappa shape index (κ1) is 13.7. The molecule has 1 atom stereocenters. The van der Waals surface area contributed by atoms with Crippen molar-refractivity contribution in [1.29, 1.82) is 0 Å². The van der Waals surface area contributed by atoms with Crippen LogP contribution in [0.3, 0.4) is 0 Å². The van der Waals surface area contributed by atoms with E-state index in [0.29, 0.717) is 5.92 Å². The Morgan fingerprint density at radius 3 is 3.05 bits per heavy atom. The molecule has 0 bridgehead atoms. The Balaban J connectivity index is 1.80. The van der Waals surface area contributed by atoms with Gasteiger partial charge >= 0.3 is 0 Å². The summed E-state index contributed by atoms with van der Waals surface area (Å²) >= 11 is 1.74. The monoisotopic (exact) mass is 292 g/mol. The molecule has 6 heteroatoms. The maximum absolute atomic E-state index is 5.37. The summed E-state index contributed by atoms with van der Waals surface area (Å²) in [4.78, 5) is 8.16. The summed E-state index contributed by atoms with van der Waals surface area (Å²) in [6.07, 6.45) is 2.13. The van der Waals surface area contributed by atoms with Crippen LogP contribution >= 0.6 is 11.3 Å². The summed E-state index contributed by atoms with van der Waals surface area (Å²) in [5.41, 5.74) is 5.60. The molecule has 3 heterocycles. The largest absolute Gasteiger partial charge is 0.384 e. The van der Waals surface area contributed by atoms with Crippen LogP contribution in [0.5, 0.6) is 0 Å². The van der Waals surface area contributed by atoms with Crippen molar-refractivity contribution >= 4 is 11.3 Å². The molecule has 0 saturated carbocycles. The Bertz CT molecular complexity index is 592. The van der Waals surface area contributed by atoms with Crippen LogP contribution in [0, 0.1) is 6.92 Å². The first-order valence-corrected chi connectivity index (χ1v) is 7.68. The maximum atomic E-state index is 5.37. The SMILES string of the molecule is COCC1CN(Cc2scnc2C)Cc2cn(C)nc21. The molecule has 5 nitrogen and oxygen atoms in total. The van der Waals surface area contributed by atoms with Gasteiger partial charge in [-0.3, -0.25) is 9.58 Å². The second kappa shape index (κ2) is 5.63. The van der Waals surface area contributed by atoms with Gasteiger partial charge in [0, 0.05) is 56.3 Å². The Morgan fingerprint density at radius 1 is 1.50 bits per heavy atom. The first-order chi connectivity index (χ1) is 9.67. The summed E-state index contributed by atoms with van der Waals surface area (Å²) in [7, 11) is 3.74. The van der Waals surface area contributed by atoms with Gasteiger partial charge in [0.2, 0.25) is 0 Å². The number of hydrogen-bond donors (Lipinski definition) is 0. The van der Waals surface area contributed by atoms with Gasteiger partial charge in [0.05, 0.1) is 23.5 Å². The van der Waals surface area contributed by atoms with Crippen molar-refractivity contribution < 1.29 is 4.74 Å². The van der Waals surface area contributed by atoms with Crippen LogP contribution in [0.15, 0.2) is 11.7 Å². The van der Waals surface area contributed by atoms with E-state index in [9.17, 15) is 0 Å². The highest BCUT2D eigenvalue weighted by Crippen LogP contribution is 2.29. The van der Waals surface area contributed by atoms with Gasteiger partial charge in [-0.05, 0) is 6.92 Å². The van der Waals surface area contributed by atoms with Gasteiger partial charge in [0.1, 0.15) is 0 Å². The lowest BCUT2D eigenvalue weighted by Gasteiger charge is -2.31. The predicted molar refractivity (Wildman–Crippen MR) is 78.8 cm³/mol. The Labute approximate surface area is 123 Å². The summed E-state index contributed by atoms with van der Waals surface area (Å²) in [6.45, 7) is 5.72. The molecule has 0 aliphatic carbocycles. The number of methoxy groups -OCH3 is 1.